The van der Waals surface area contributed by atoms with Crippen molar-refractivity contribution in [2.75, 3.05) is 43.4 Å². The lowest BCUT2D eigenvalue weighted by molar-refractivity contribution is -0.192. The number of halogens is 4. The predicted molar refractivity (Wildman–Crippen MR) is 126 cm³/mol. The Morgan fingerprint density at radius 1 is 1.12 bits per heavy atom. The summed E-state index contributed by atoms with van der Waals surface area (Å²) in [6, 6.07) is 7.64. The topological polar surface area (TPSA) is 127 Å². The molecule has 0 aliphatic heterocycles. The van der Waals surface area contributed by atoms with E-state index in [0.717, 1.165) is 17.9 Å². The summed E-state index contributed by atoms with van der Waals surface area (Å²) < 4.78 is 60.6. The van der Waals surface area contributed by atoms with E-state index in [4.69, 9.17) is 9.90 Å². The number of alkyl halides is 3. The summed E-state index contributed by atoms with van der Waals surface area (Å²) in [7, 11) is 0.0940. The zero-order valence-corrected chi connectivity index (χ0v) is 21.5. The number of aromatic carboxylic acids is 1. The molecular formula is C19H23BrF3N3O6S2. The summed E-state index contributed by atoms with van der Waals surface area (Å²) in [6.07, 6.45) is -5.08. The normalized spacial score (nSPS) is 11.5. The number of nitrogens with one attached hydrogen (secondary N) is 1. The van der Waals surface area contributed by atoms with Crippen LogP contribution < -0.4 is 9.62 Å². The van der Waals surface area contributed by atoms with Crippen LogP contribution in [0.25, 0.3) is 0 Å². The van der Waals surface area contributed by atoms with E-state index in [-0.39, 0.29) is 15.5 Å². The molecule has 1 heterocycles. The van der Waals surface area contributed by atoms with Gasteiger partial charge in [-0.05, 0) is 67.3 Å². The molecule has 34 heavy (non-hydrogen) atoms. The van der Waals surface area contributed by atoms with Crippen molar-refractivity contribution in [2.24, 2.45) is 0 Å². The molecule has 0 saturated heterocycles. The fourth-order valence-electron chi connectivity index (χ4n) is 2.43. The Kier molecular flexibility index (Phi) is 10.8. The minimum absolute atomic E-state index is 0.0208. The van der Waals surface area contributed by atoms with Crippen LogP contribution >= 0.6 is 27.3 Å². The van der Waals surface area contributed by atoms with Crippen molar-refractivity contribution in [2.45, 2.75) is 17.3 Å². The maximum absolute atomic E-state index is 12.7. The summed E-state index contributed by atoms with van der Waals surface area (Å²) in [4.78, 5) is 24.3. The Bertz CT molecular complexity index is 1110. The number of aliphatic carboxylic acids is 1. The molecule has 0 fully saturated rings. The van der Waals surface area contributed by atoms with Gasteiger partial charge in [0.05, 0.1) is 20.7 Å². The number of carbonyl (C=O) groups is 2. The number of likely N-dealkylation sites (N-methyl/N-ethyl adjacent to an activating group) is 2. The molecule has 15 heteroatoms. The molecule has 9 nitrogen and oxygen atoms in total. The molecule has 0 bridgehead atoms. The molecule has 2 aromatic rings. The minimum atomic E-state index is -5.08. The molecule has 0 unspecified atom stereocenters. The van der Waals surface area contributed by atoms with Crippen LogP contribution in [0.5, 0.6) is 0 Å². The second-order valence-corrected chi connectivity index (χ2v) is 11.3. The molecule has 2 rings (SSSR count). The molecule has 3 N–H and O–H groups in total. The maximum atomic E-state index is 12.7. The first-order valence-electron chi connectivity index (χ1n) is 9.43. The van der Waals surface area contributed by atoms with Crippen LogP contribution in [0.15, 0.2) is 38.3 Å². The quantitative estimate of drug-likeness (QED) is 0.400. The second-order valence-electron chi connectivity index (χ2n) is 6.89. The molecule has 0 amide bonds. The summed E-state index contributed by atoms with van der Waals surface area (Å²) in [5, 5.41) is 16.4. The number of carboxylic acids is 2. The molecule has 0 aliphatic carbocycles. The smallest absolute Gasteiger partial charge is 0.478 e. The molecule has 0 radical (unpaired) electrons. The number of hydrogen-bond donors (Lipinski definition) is 3. The molecule has 1 aromatic heterocycles. The second kappa shape index (κ2) is 12.4. The van der Waals surface area contributed by atoms with Gasteiger partial charge < -0.3 is 20.0 Å². The molecule has 0 spiro atoms. The van der Waals surface area contributed by atoms with Crippen molar-refractivity contribution >= 4 is 60.6 Å². The van der Waals surface area contributed by atoms with Gasteiger partial charge in [-0.1, -0.05) is 0 Å². The number of hydrogen-bond acceptors (Lipinski definition) is 7. The van der Waals surface area contributed by atoms with Crippen LogP contribution in [0.1, 0.15) is 17.3 Å². The largest absolute Gasteiger partial charge is 0.490 e. The third-order valence-electron chi connectivity index (χ3n) is 4.08. The first-order chi connectivity index (χ1) is 15.6. The van der Waals surface area contributed by atoms with E-state index >= 15 is 0 Å². The van der Waals surface area contributed by atoms with Gasteiger partial charge in [0.25, 0.3) is 10.0 Å². The fourth-order valence-corrected chi connectivity index (χ4v) is 5.51. The van der Waals surface area contributed by atoms with Crippen molar-refractivity contribution in [3.63, 3.8) is 0 Å². The Labute approximate surface area is 207 Å². The van der Waals surface area contributed by atoms with Crippen LogP contribution in [0.2, 0.25) is 0 Å². The van der Waals surface area contributed by atoms with Crippen molar-refractivity contribution < 1.29 is 41.4 Å². The van der Waals surface area contributed by atoms with E-state index < -0.39 is 28.1 Å². The Morgan fingerprint density at radius 3 is 2.12 bits per heavy atom. The first-order valence-corrected chi connectivity index (χ1v) is 12.5. The SMILES string of the molecule is CCN(CCN(C)C)c1ccc(C(=O)O)cc1NS(=O)(=O)c1ccc(Br)s1.O=C(O)C(F)(F)F. The number of thiophene rings is 1. The summed E-state index contributed by atoms with van der Waals surface area (Å²) in [5.41, 5.74) is 0.913. The van der Waals surface area contributed by atoms with Crippen LogP contribution in [0.4, 0.5) is 24.5 Å². The van der Waals surface area contributed by atoms with Crippen molar-refractivity contribution in [1.29, 1.82) is 0 Å². The van der Waals surface area contributed by atoms with Gasteiger partial charge in [-0.2, -0.15) is 13.2 Å². The number of anilines is 2. The number of benzene rings is 1. The van der Waals surface area contributed by atoms with E-state index in [1.54, 1.807) is 12.1 Å². The molecule has 1 aromatic carbocycles. The molecule has 0 atom stereocenters. The van der Waals surface area contributed by atoms with Gasteiger partial charge in [0.2, 0.25) is 0 Å². The summed E-state index contributed by atoms with van der Waals surface area (Å²) >= 11 is 4.35. The molecular weight excluding hydrogens is 567 g/mol. The zero-order valence-electron chi connectivity index (χ0n) is 18.3. The zero-order chi connectivity index (χ0) is 26.3. The van der Waals surface area contributed by atoms with Gasteiger partial charge in [0.15, 0.2) is 0 Å². The third kappa shape index (κ3) is 9.12. The Balaban J connectivity index is 0.000000718. The summed E-state index contributed by atoms with van der Waals surface area (Å²) in [6.45, 7) is 4.07. The lowest BCUT2D eigenvalue weighted by Crippen LogP contribution is -2.32. The minimum Gasteiger partial charge on any atom is -0.478 e. The van der Waals surface area contributed by atoms with Crippen molar-refractivity contribution in [3.8, 4) is 0 Å². The standard InChI is InChI=1S/C17H22BrN3O4S2.C2HF3O2/c1-4-21(10-9-20(2)3)14-6-5-12(17(22)23)11-13(14)19-27(24,25)16-8-7-15(18)26-16;3-2(4,5)1(6)7/h5-8,11,19H,4,9-10H2,1-3H3,(H,22,23);(H,6,7). The lowest BCUT2D eigenvalue weighted by Gasteiger charge is -2.27. The average molecular weight is 590 g/mol. The highest BCUT2D eigenvalue weighted by atomic mass is 79.9. The first kappa shape index (κ1) is 29.7. The lowest BCUT2D eigenvalue weighted by atomic mass is 10.1. The van der Waals surface area contributed by atoms with Crippen molar-refractivity contribution in [1.82, 2.24) is 4.90 Å². The highest BCUT2D eigenvalue weighted by molar-refractivity contribution is 9.11. The fraction of sp³-hybridized carbons (Fsp3) is 0.368. The van der Waals surface area contributed by atoms with Gasteiger partial charge in [-0.25, -0.2) is 18.0 Å². The Morgan fingerprint density at radius 2 is 1.71 bits per heavy atom. The Hall–Kier alpha value is -2.36. The average Bonchev–Trinajstić information content (AvgIpc) is 3.16. The van der Waals surface area contributed by atoms with Gasteiger partial charge in [0.1, 0.15) is 4.21 Å². The molecule has 0 saturated carbocycles. The number of carboxylic acid groups (broad SMARTS) is 2. The molecule has 0 aliphatic rings. The number of nitrogens with zero attached hydrogens (tertiary/aromatic N) is 2. The van der Waals surface area contributed by atoms with E-state index in [1.807, 2.05) is 30.8 Å². The number of sulfonamides is 1. The van der Waals surface area contributed by atoms with E-state index in [0.29, 0.717) is 22.6 Å². The van der Waals surface area contributed by atoms with Gasteiger partial charge in [-0.15, -0.1) is 11.3 Å². The van der Waals surface area contributed by atoms with Gasteiger partial charge in [0, 0.05) is 19.6 Å². The van der Waals surface area contributed by atoms with E-state index in [2.05, 4.69) is 20.7 Å². The predicted octanol–water partition coefficient (Wildman–Crippen LogP) is 4.03. The van der Waals surface area contributed by atoms with Crippen LogP contribution in [-0.4, -0.2) is 75.4 Å². The van der Waals surface area contributed by atoms with Crippen LogP contribution in [0.3, 0.4) is 0 Å². The number of rotatable bonds is 9. The van der Waals surface area contributed by atoms with Crippen LogP contribution in [0, 0.1) is 0 Å². The van der Waals surface area contributed by atoms with Crippen LogP contribution in [-0.2, 0) is 14.8 Å². The highest BCUT2D eigenvalue weighted by Crippen LogP contribution is 2.32. The summed E-state index contributed by atoms with van der Waals surface area (Å²) in [5.74, 6) is -3.87. The third-order valence-corrected chi connectivity index (χ3v) is 7.56. The van der Waals surface area contributed by atoms with Crippen molar-refractivity contribution in [3.05, 3.63) is 39.7 Å². The van der Waals surface area contributed by atoms with Gasteiger partial charge in [-0.3, -0.25) is 4.72 Å². The van der Waals surface area contributed by atoms with E-state index in [1.165, 1.54) is 18.2 Å². The maximum Gasteiger partial charge on any atom is 0.490 e. The monoisotopic (exact) mass is 589 g/mol. The van der Waals surface area contributed by atoms with E-state index in [9.17, 15) is 31.5 Å². The highest BCUT2D eigenvalue weighted by Gasteiger charge is 2.38. The molecule has 190 valence electrons. The van der Waals surface area contributed by atoms with Gasteiger partial charge >= 0.3 is 18.1 Å².